The molecule has 1 saturated carbocycles. The molecular formula is C15H26N2O3. The quantitative estimate of drug-likeness (QED) is 0.716. The van der Waals surface area contributed by atoms with E-state index in [0.717, 1.165) is 38.6 Å². The molecule has 5 heteroatoms. The molecule has 20 heavy (non-hydrogen) atoms. The summed E-state index contributed by atoms with van der Waals surface area (Å²) in [6.07, 6.45) is 6.50. The van der Waals surface area contributed by atoms with Gasteiger partial charge in [-0.1, -0.05) is 13.3 Å². The smallest absolute Gasteiger partial charge is 0.329 e. The third-order valence-electron chi connectivity index (χ3n) is 4.92. The first kappa shape index (κ1) is 15.3. The zero-order valence-corrected chi connectivity index (χ0v) is 12.3. The van der Waals surface area contributed by atoms with E-state index in [1.807, 2.05) is 0 Å². The monoisotopic (exact) mass is 282 g/mol. The fourth-order valence-corrected chi connectivity index (χ4v) is 3.44. The second kappa shape index (κ2) is 6.57. The number of carboxylic acid groups (broad SMARTS) is 1. The summed E-state index contributed by atoms with van der Waals surface area (Å²) in [5, 5.41) is 15.6. The lowest BCUT2D eigenvalue weighted by molar-refractivity contribution is -0.149. The van der Waals surface area contributed by atoms with Crippen LogP contribution in [0.25, 0.3) is 0 Å². The maximum Gasteiger partial charge on any atom is 0.329 e. The highest BCUT2D eigenvalue weighted by Crippen LogP contribution is 2.34. The van der Waals surface area contributed by atoms with E-state index in [1.54, 1.807) is 0 Å². The van der Waals surface area contributed by atoms with Crippen molar-refractivity contribution in [3.05, 3.63) is 0 Å². The molecule has 0 aromatic carbocycles. The van der Waals surface area contributed by atoms with Crippen LogP contribution < -0.4 is 10.6 Å². The molecule has 2 rings (SSSR count). The van der Waals surface area contributed by atoms with Gasteiger partial charge in [0.1, 0.15) is 5.54 Å². The predicted octanol–water partition coefficient (Wildman–Crippen LogP) is 1.67. The summed E-state index contributed by atoms with van der Waals surface area (Å²) < 4.78 is 0. The normalized spacial score (nSPS) is 33.9. The number of nitrogens with one attached hydrogen (secondary N) is 2. The Morgan fingerprint density at radius 1 is 1.30 bits per heavy atom. The fourth-order valence-electron chi connectivity index (χ4n) is 3.44. The van der Waals surface area contributed by atoms with Gasteiger partial charge in [0, 0.05) is 12.5 Å². The van der Waals surface area contributed by atoms with E-state index in [4.69, 9.17) is 0 Å². The molecule has 0 bridgehead atoms. The van der Waals surface area contributed by atoms with Crippen LogP contribution in [-0.4, -0.2) is 35.1 Å². The van der Waals surface area contributed by atoms with Gasteiger partial charge in [0.2, 0.25) is 5.91 Å². The van der Waals surface area contributed by atoms with Crippen molar-refractivity contribution in [2.24, 2.45) is 5.92 Å². The molecule has 3 N–H and O–H groups in total. The van der Waals surface area contributed by atoms with Gasteiger partial charge in [0.15, 0.2) is 0 Å². The average molecular weight is 282 g/mol. The SMILES string of the molecule is CCC1CCC(NC(=O)CC2CCCN2)(C(=O)O)CC1. The van der Waals surface area contributed by atoms with Crippen molar-refractivity contribution in [1.29, 1.82) is 0 Å². The van der Waals surface area contributed by atoms with Crippen molar-refractivity contribution in [1.82, 2.24) is 10.6 Å². The maximum atomic E-state index is 12.1. The molecule has 1 unspecified atom stereocenters. The Morgan fingerprint density at radius 3 is 2.50 bits per heavy atom. The number of carbonyl (C=O) groups is 2. The summed E-state index contributed by atoms with van der Waals surface area (Å²) in [7, 11) is 0. The maximum absolute atomic E-state index is 12.1. The van der Waals surface area contributed by atoms with Crippen molar-refractivity contribution in [3.63, 3.8) is 0 Å². The number of aliphatic carboxylic acids is 1. The summed E-state index contributed by atoms with van der Waals surface area (Å²) in [4.78, 5) is 23.7. The number of hydrogen-bond acceptors (Lipinski definition) is 3. The Kier molecular flexibility index (Phi) is 5.02. The lowest BCUT2D eigenvalue weighted by atomic mass is 9.75. The molecule has 5 nitrogen and oxygen atoms in total. The van der Waals surface area contributed by atoms with Gasteiger partial charge >= 0.3 is 5.97 Å². The highest BCUT2D eigenvalue weighted by molar-refractivity contribution is 5.87. The Labute approximate surface area is 120 Å². The minimum Gasteiger partial charge on any atom is -0.480 e. The molecule has 1 aliphatic heterocycles. The highest BCUT2D eigenvalue weighted by Gasteiger charge is 2.43. The number of rotatable bonds is 5. The van der Waals surface area contributed by atoms with E-state index < -0.39 is 11.5 Å². The Bertz CT molecular complexity index is 356. The lowest BCUT2D eigenvalue weighted by Crippen LogP contribution is -2.57. The van der Waals surface area contributed by atoms with E-state index >= 15 is 0 Å². The molecule has 1 atom stereocenters. The largest absolute Gasteiger partial charge is 0.480 e. The summed E-state index contributed by atoms with van der Waals surface area (Å²) in [6, 6.07) is 0.216. The zero-order valence-electron chi connectivity index (χ0n) is 12.3. The molecule has 1 saturated heterocycles. The summed E-state index contributed by atoms with van der Waals surface area (Å²) in [5.41, 5.74) is -1.03. The number of hydrogen-bond donors (Lipinski definition) is 3. The van der Waals surface area contributed by atoms with E-state index in [-0.39, 0.29) is 11.9 Å². The van der Waals surface area contributed by atoms with Crippen molar-refractivity contribution >= 4 is 11.9 Å². The molecule has 1 heterocycles. The molecule has 0 aromatic heterocycles. The van der Waals surface area contributed by atoms with Gasteiger partial charge in [0.05, 0.1) is 0 Å². The summed E-state index contributed by atoms with van der Waals surface area (Å²) >= 11 is 0. The van der Waals surface area contributed by atoms with Crippen LogP contribution >= 0.6 is 0 Å². The molecular weight excluding hydrogens is 256 g/mol. The first-order chi connectivity index (χ1) is 9.55. The molecule has 2 aliphatic rings. The van der Waals surface area contributed by atoms with Crippen LogP contribution in [0.2, 0.25) is 0 Å². The Morgan fingerprint density at radius 2 is 2.00 bits per heavy atom. The van der Waals surface area contributed by atoms with Crippen LogP contribution in [0.1, 0.15) is 58.3 Å². The first-order valence-electron chi connectivity index (χ1n) is 7.83. The molecule has 1 aliphatic carbocycles. The van der Waals surface area contributed by atoms with Gasteiger partial charge in [-0.25, -0.2) is 4.79 Å². The number of carbonyl (C=O) groups excluding carboxylic acids is 1. The van der Waals surface area contributed by atoms with Crippen LogP contribution in [-0.2, 0) is 9.59 Å². The zero-order chi connectivity index (χ0) is 14.6. The van der Waals surface area contributed by atoms with Crippen molar-refractivity contribution in [2.45, 2.75) is 69.9 Å². The molecule has 0 spiro atoms. The van der Waals surface area contributed by atoms with Gasteiger partial charge in [-0.2, -0.15) is 0 Å². The van der Waals surface area contributed by atoms with E-state index in [0.29, 0.717) is 25.2 Å². The van der Waals surface area contributed by atoms with Crippen LogP contribution in [0, 0.1) is 5.92 Å². The van der Waals surface area contributed by atoms with Crippen LogP contribution in [0.5, 0.6) is 0 Å². The van der Waals surface area contributed by atoms with Crippen molar-refractivity contribution in [2.75, 3.05) is 6.54 Å². The van der Waals surface area contributed by atoms with Gasteiger partial charge < -0.3 is 15.7 Å². The molecule has 0 radical (unpaired) electrons. The second-order valence-electron chi connectivity index (χ2n) is 6.28. The topological polar surface area (TPSA) is 78.4 Å². The second-order valence-corrected chi connectivity index (χ2v) is 6.28. The van der Waals surface area contributed by atoms with Crippen molar-refractivity contribution in [3.8, 4) is 0 Å². The summed E-state index contributed by atoms with van der Waals surface area (Å²) in [5.74, 6) is -0.391. The highest BCUT2D eigenvalue weighted by atomic mass is 16.4. The van der Waals surface area contributed by atoms with Gasteiger partial charge in [-0.05, 0) is 51.0 Å². The number of amides is 1. The van der Waals surface area contributed by atoms with Crippen LogP contribution in [0.4, 0.5) is 0 Å². The third-order valence-corrected chi connectivity index (χ3v) is 4.92. The minimum absolute atomic E-state index is 0.123. The number of carboxylic acids is 1. The van der Waals surface area contributed by atoms with Gasteiger partial charge in [-0.15, -0.1) is 0 Å². The molecule has 0 aromatic rings. The van der Waals surface area contributed by atoms with Gasteiger partial charge in [-0.3, -0.25) is 4.79 Å². The molecule has 1 amide bonds. The molecule has 2 fully saturated rings. The standard InChI is InChI=1S/C15H26N2O3/c1-2-11-5-7-15(8-6-11,14(19)20)17-13(18)10-12-4-3-9-16-12/h11-12,16H,2-10H2,1H3,(H,17,18)(H,19,20). The van der Waals surface area contributed by atoms with E-state index in [9.17, 15) is 14.7 Å². The fraction of sp³-hybridized carbons (Fsp3) is 0.867. The Hall–Kier alpha value is -1.10. The first-order valence-corrected chi connectivity index (χ1v) is 7.83. The van der Waals surface area contributed by atoms with E-state index in [2.05, 4.69) is 17.6 Å². The van der Waals surface area contributed by atoms with Crippen molar-refractivity contribution < 1.29 is 14.7 Å². The minimum atomic E-state index is -1.03. The average Bonchev–Trinajstić information content (AvgIpc) is 2.92. The Balaban J connectivity index is 1.91. The predicted molar refractivity (Wildman–Crippen MR) is 76.4 cm³/mol. The van der Waals surface area contributed by atoms with Crippen LogP contribution in [0.3, 0.4) is 0 Å². The lowest BCUT2D eigenvalue weighted by Gasteiger charge is -2.37. The van der Waals surface area contributed by atoms with Gasteiger partial charge in [0.25, 0.3) is 0 Å². The summed E-state index contributed by atoms with van der Waals surface area (Å²) in [6.45, 7) is 3.10. The third kappa shape index (κ3) is 3.51. The van der Waals surface area contributed by atoms with E-state index in [1.165, 1.54) is 0 Å². The molecule has 114 valence electrons. The van der Waals surface area contributed by atoms with Crippen LogP contribution in [0.15, 0.2) is 0 Å².